The lowest BCUT2D eigenvalue weighted by Gasteiger charge is -2.44. The summed E-state index contributed by atoms with van der Waals surface area (Å²) in [5.74, 6) is -1.29. The monoisotopic (exact) mass is 367 g/mol. The summed E-state index contributed by atoms with van der Waals surface area (Å²) in [6.45, 7) is 7.07. The average molecular weight is 367 g/mol. The Kier molecular flexibility index (Phi) is 4.61. The SMILES string of the molecule is CC(=N)N1CCC(C)(SC2=C(C(=O)O)N3C(=O)[C@H]([C@@H](C)O)[C@H]3C2)CC1. The van der Waals surface area contributed by atoms with Crippen molar-refractivity contribution in [2.24, 2.45) is 5.92 Å². The number of carboxylic acid groups (broad SMARTS) is 1. The van der Waals surface area contributed by atoms with Crippen LogP contribution in [-0.4, -0.2) is 67.7 Å². The van der Waals surface area contributed by atoms with Gasteiger partial charge in [0.25, 0.3) is 0 Å². The first-order chi connectivity index (χ1) is 11.6. The Morgan fingerprint density at radius 3 is 2.48 bits per heavy atom. The number of carbonyl (C=O) groups is 2. The number of carbonyl (C=O) groups excluding carboxylic acids is 1. The molecule has 2 fully saturated rings. The number of amidine groups is 1. The van der Waals surface area contributed by atoms with Gasteiger partial charge in [0.2, 0.25) is 5.91 Å². The van der Waals surface area contributed by atoms with Crippen LogP contribution in [0.3, 0.4) is 0 Å². The van der Waals surface area contributed by atoms with Crippen LogP contribution < -0.4 is 0 Å². The zero-order valence-corrected chi connectivity index (χ0v) is 15.6. The van der Waals surface area contributed by atoms with Crippen molar-refractivity contribution in [3.05, 3.63) is 10.6 Å². The van der Waals surface area contributed by atoms with E-state index in [4.69, 9.17) is 5.41 Å². The number of piperidine rings is 1. The molecule has 3 aliphatic rings. The van der Waals surface area contributed by atoms with Crippen LogP contribution in [0.1, 0.15) is 40.0 Å². The van der Waals surface area contributed by atoms with E-state index >= 15 is 0 Å². The zero-order valence-electron chi connectivity index (χ0n) is 14.8. The van der Waals surface area contributed by atoms with Gasteiger partial charge in [0, 0.05) is 29.2 Å². The van der Waals surface area contributed by atoms with Crippen molar-refractivity contribution in [2.45, 2.75) is 56.9 Å². The highest BCUT2D eigenvalue weighted by Crippen LogP contribution is 2.51. The molecule has 3 aliphatic heterocycles. The van der Waals surface area contributed by atoms with Gasteiger partial charge in [0.05, 0.1) is 23.9 Å². The Morgan fingerprint density at radius 2 is 2.00 bits per heavy atom. The van der Waals surface area contributed by atoms with Gasteiger partial charge in [-0.1, -0.05) is 0 Å². The van der Waals surface area contributed by atoms with Gasteiger partial charge >= 0.3 is 5.97 Å². The fourth-order valence-electron chi connectivity index (χ4n) is 4.04. The molecule has 0 aromatic carbocycles. The Balaban J connectivity index is 1.77. The lowest BCUT2D eigenvalue weighted by molar-refractivity contribution is -0.161. The van der Waals surface area contributed by atoms with Gasteiger partial charge in [-0.25, -0.2) is 4.79 Å². The minimum absolute atomic E-state index is 0.101. The Bertz CT molecular complexity index is 652. The summed E-state index contributed by atoms with van der Waals surface area (Å²) in [5, 5.41) is 27.2. The number of aliphatic hydroxyl groups is 1. The topological polar surface area (TPSA) is 105 Å². The number of carboxylic acids is 1. The maximum atomic E-state index is 12.3. The van der Waals surface area contributed by atoms with E-state index in [1.807, 2.05) is 4.90 Å². The lowest BCUT2D eigenvalue weighted by atomic mass is 9.83. The van der Waals surface area contributed by atoms with Crippen LogP contribution in [0.25, 0.3) is 0 Å². The van der Waals surface area contributed by atoms with Crippen molar-refractivity contribution >= 4 is 29.5 Å². The van der Waals surface area contributed by atoms with Crippen molar-refractivity contribution in [1.29, 1.82) is 5.41 Å². The van der Waals surface area contributed by atoms with Gasteiger partial charge in [-0.15, -0.1) is 11.8 Å². The van der Waals surface area contributed by atoms with E-state index in [0.29, 0.717) is 12.3 Å². The molecular weight excluding hydrogens is 342 g/mol. The summed E-state index contributed by atoms with van der Waals surface area (Å²) in [6.07, 6.45) is 1.48. The lowest BCUT2D eigenvalue weighted by Crippen LogP contribution is -2.61. The number of hydrogen-bond donors (Lipinski definition) is 3. The fraction of sp³-hybridized carbons (Fsp3) is 0.706. The highest BCUT2D eigenvalue weighted by atomic mass is 32.2. The van der Waals surface area contributed by atoms with Crippen molar-refractivity contribution in [1.82, 2.24) is 9.80 Å². The second-order valence-corrected chi connectivity index (χ2v) is 9.13. The van der Waals surface area contributed by atoms with E-state index in [1.165, 1.54) is 4.90 Å². The average Bonchev–Trinajstić information content (AvgIpc) is 2.81. The summed E-state index contributed by atoms with van der Waals surface area (Å²) < 4.78 is -0.101. The number of fused-ring (bicyclic) bond motifs is 1. The first-order valence-corrected chi connectivity index (χ1v) is 9.43. The van der Waals surface area contributed by atoms with Crippen LogP contribution in [0.2, 0.25) is 0 Å². The van der Waals surface area contributed by atoms with E-state index in [-0.39, 0.29) is 22.4 Å². The first-order valence-electron chi connectivity index (χ1n) is 8.61. The molecule has 1 amide bonds. The number of aliphatic carboxylic acids is 1. The van der Waals surface area contributed by atoms with Crippen LogP contribution in [-0.2, 0) is 9.59 Å². The minimum atomic E-state index is -1.07. The Morgan fingerprint density at radius 1 is 1.40 bits per heavy atom. The predicted octanol–water partition coefficient (Wildman–Crippen LogP) is 1.48. The highest BCUT2D eigenvalue weighted by Gasteiger charge is 2.57. The molecule has 3 rings (SSSR count). The van der Waals surface area contributed by atoms with Crippen LogP contribution in [0.5, 0.6) is 0 Å². The minimum Gasteiger partial charge on any atom is -0.477 e. The summed E-state index contributed by atoms with van der Waals surface area (Å²) in [7, 11) is 0. The number of hydrogen-bond acceptors (Lipinski definition) is 5. The highest BCUT2D eigenvalue weighted by molar-refractivity contribution is 8.04. The van der Waals surface area contributed by atoms with Gasteiger partial charge in [0.1, 0.15) is 5.70 Å². The summed E-state index contributed by atoms with van der Waals surface area (Å²) in [5.41, 5.74) is 0.101. The summed E-state index contributed by atoms with van der Waals surface area (Å²) in [6, 6.07) is -0.228. The molecule has 0 saturated carbocycles. The summed E-state index contributed by atoms with van der Waals surface area (Å²) >= 11 is 1.57. The van der Waals surface area contributed by atoms with Gasteiger partial charge in [0.15, 0.2) is 0 Å². The van der Waals surface area contributed by atoms with Crippen molar-refractivity contribution in [3.63, 3.8) is 0 Å². The molecule has 0 aliphatic carbocycles. The number of nitrogens with zero attached hydrogens (tertiary/aromatic N) is 2. The molecule has 0 spiro atoms. The largest absolute Gasteiger partial charge is 0.477 e. The zero-order chi connectivity index (χ0) is 18.5. The molecule has 0 aromatic heterocycles. The van der Waals surface area contributed by atoms with E-state index < -0.39 is 18.0 Å². The molecule has 25 heavy (non-hydrogen) atoms. The van der Waals surface area contributed by atoms with Gasteiger partial charge in [-0.3, -0.25) is 10.2 Å². The molecular formula is C17H25N3O4S. The quantitative estimate of drug-likeness (QED) is 0.395. The molecule has 0 unspecified atom stereocenters. The number of rotatable bonds is 4. The fourth-order valence-corrected chi connectivity index (χ4v) is 5.56. The molecule has 0 aromatic rings. The second kappa shape index (κ2) is 6.32. The maximum absolute atomic E-state index is 12.3. The third-order valence-corrected chi connectivity index (χ3v) is 7.06. The molecule has 2 saturated heterocycles. The van der Waals surface area contributed by atoms with E-state index in [2.05, 4.69) is 6.92 Å². The first kappa shape index (κ1) is 18.3. The molecule has 3 heterocycles. The number of β-lactam (4-membered cyclic amide) rings is 1. The van der Waals surface area contributed by atoms with Crippen molar-refractivity contribution < 1.29 is 19.8 Å². The van der Waals surface area contributed by atoms with Gasteiger partial charge in [-0.05, 0) is 33.6 Å². The third kappa shape index (κ3) is 3.06. The maximum Gasteiger partial charge on any atom is 0.353 e. The third-order valence-electron chi connectivity index (χ3n) is 5.56. The van der Waals surface area contributed by atoms with E-state index in [9.17, 15) is 19.8 Å². The molecule has 138 valence electrons. The Labute approximate surface area is 151 Å². The number of nitrogens with one attached hydrogen (secondary N) is 1. The number of thioether (sulfide) groups is 1. The van der Waals surface area contributed by atoms with Gasteiger partial charge < -0.3 is 20.0 Å². The summed E-state index contributed by atoms with van der Waals surface area (Å²) in [4.78, 5) is 28.2. The van der Waals surface area contributed by atoms with Gasteiger partial charge in [-0.2, -0.15) is 0 Å². The molecule has 3 atom stereocenters. The smallest absolute Gasteiger partial charge is 0.353 e. The van der Waals surface area contributed by atoms with Crippen LogP contribution in [0.15, 0.2) is 10.6 Å². The van der Waals surface area contributed by atoms with Crippen LogP contribution in [0.4, 0.5) is 0 Å². The normalized spacial score (nSPS) is 29.4. The second-order valence-electron chi connectivity index (χ2n) is 7.45. The number of amides is 1. The standard InChI is InChI=1S/C17H25N3O4S/c1-9(21)13-11-8-12(14(16(23)24)20(11)15(13)22)25-17(3)4-6-19(7-5-17)10(2)18/h9,11,13,18,21H,4-8H2,1-3H3,(H,23,24)/t9-,11-,13-/m1/s1. The Hall–Kier alpha value is -1.54. The number of aliphatic hydroxyl groups excluding tert-OH is 1. The van der Waals surface area contributed by atoms with Crippen molar-refractivity contribution in [2.75, 3.05) is 13.1 Å². The van der Waals surface area contributed by atoms with Crippen LogP contribution in [0, 0.1) is 11.3 Å². The number of likely N-dealkylation sites (tertiary alicyclic amines) is 1. The van der Waals surface area contributed by atoms with E-state index in [1.54, 1.807) is 25.6 Å². The molecule has 3 N–H and O–H groups in total. The van der Waals surface area contributed by atoms with E-state index in [0.717, 1.165) is 30.8 Å². The van der Waals surface area contributed by atoms with Crippen molar-refractivity contribution in [3.8, 4) is 0 Å². The molecule has 0 bridgehead atoms. The molecule has 8 heteroatoms. The van der Waals surface area contributed by atoms with Crippen LogP contribution >= 0.6 is 11.8 Å². The molecule has 7 nitrogen and oxygen atoms in total. The predicted molar refractivity (Wildman–Crippen MR) is 95.3 cm³/mol. The molecule has 0 radical (unpaired) electrons.